The first-order chi connectivity index (χ1) is 9.37. The summed E-state index contributed by atoms with van der Waals surface area (Å²) in [4.78, 5) is 24.4. The number of carboxylic acids is 1. The molecule has 1 unspecified atom stereocenters. The van der Waals surface area contributed by atoms with Crippen LogP contribution in [-0.2, 0) is 4.79 Å². The molecular formula is C14H16FNO4. The third kappa shape index (κ3) is 2.45. The predicted molar refractivity (Wildman–Crippen MR) is 69.7 cm³/mol. The largest absolute Gasteiger partial charge is 0.497 e. The number of nitrogens with zero attached hydrogens (tertiary/aromatic N) is 1. The normalized spacial score (nSPS) is 21.9. The van der Waals surface area contributed by atoms with Gasteiger partial charge in [0.05, 0.1) is 13.7 Å². The van der Waals surface area contributed by atoms with E-state index in [9.17, 15) is 14.0 Å². The van der Waals surface area contributed by atoms with Crippen molar-refractivity contribution in [3.05, 3.63) is 29.3 Å². The smallest absolute Gasteiger partial charge is 0.343 e. The summed E-state index contributed by atoms with van der Waals surface area (Å²) in [6.45, 7) is 1.45. The van der Waals surface area contributed by atoms with Gasteiger partial charge < -0.3 is 14.7 Å². The monoisotopic (exact) mass is 281 g/mol. The summed E-state index contributed by atoms with van der Waals surface area (Å²) in [7, 11) is 1.53. The molecule has 0 bridgehead atoms. The molecule has 0 saturated carbocycles. The number of carbonyl (C=O) groups excluding carboxylic acids is 1. The molecule has 1 aromatic carbocycles. The van der Waals surface area contributed by atoms with Gasteiger partial charge in [-0.1, -0.05) is 0 Å². The molecule has 1 heterocycles. The zero-order chi connectivity index (χ0) is 14.9. The fraction of sp³-hybridized carbons (Fsp3) is 0.429. The number of carboxylic acid groups (broad SMARTS) is 1. The number of carbonyl (C=O) groups is 2. The molecule has 1 aliphatic rings. The van der Waals surface area contributed by atoms with Crippen molar-refractivity contribution in [3.63, 3.8) is 0 Å². The Kier molecular flexibility index (Phi) is 3.65. The lowest BCUT2D eigenvalue weighted by Crippen LogP contribution is -2.39. The minimum atomic E-state index is -2.34. The van der Waals surface area contributed by atoms with Crippen molar-refractivity contribution in [1.29, 1.82) is 0 Å². The molecule has 1 N–H and O–H groups in total. The predicted octanol–water partition coefficient (Wildman–Crippen LogP) is 1.64. The van der Waals surface area contributed by atoms with Gasteiger partial charge in [-0.3, -0.25) is 4.79 Å². The second-order valence-electron chi connectivity index (χ2n) is 4.93. The Balaban J connectivity index is 2.19. The van der Waals surface area contributed by atoms with E-state index < -0.39 is 18.2 Å². The summed E-state index contributed by atoms with van der Waals surface area (Å²) in [5.74, 6) is -1.24. The third-order valence-electron chi connectivity index (χ3n) is 3.55. The van der Waals surface area contributed by atoms with E-state index in [2.05, 4.69) is 0 Å². The van der Waals surface area contributed by atoms with Crippen molar-refractivity contribution >= 4 is 11.9 Å². The summed E-state index contributed by atoms with van der Waals surface area (Å²) < 4.78 is 19.0. The fourth-order valence-electron chi connectivity index (χ4n) is 2.29. The summed E-state index contributed by atoms with van der Waals surface area (Å²) in [5.41, 5.74) is -1.20. The first-order valence-corrected chi connectivity index (χ1v) is 6.23. The number of likely N-dealkylation sites (tertiary alicyclic amines) is 1. The Bertz CT molecular complexity index is 560. The topological polar surface area (TPSA) is 66.8 Å². The van der Waals surface area contributed by atoms with Gasteiger partial charge in [-0.05, 0) is 30.7 Å². The van der Waals surface area contributed by atoms with E-state index in [1.54, 1.807) is 25.1 Å². The second-order valence-corrected chi connectivity index (χ2v) is 4.93. The molecule has 1 saturated heterocycles. The highest BCUT2D eigenvalue weighted by Gasteiger charge is 2.47. The van der Waals surface area contributed by atoms with Gasteiger partial charge in [0.25, 0.3) is 5.91 Å². The molecule has 2 rings (SSSR count). The fourth-order valence-corrected chi connectivity index (χ4v) is 2.29. The van der Waals surface area contributed by atoms with Crippen LogP contribution in [0.1, 0.15) is 22.3 Å². The second kappa shape index (κ2) is 5.11. The number of ether oxygens (including phenoxy) is 1. The van der Waals surface area contributed by atoms with Gasteiger partial charge in [0, 0.05) is 18.5 Å². The number of alkyl halides is 1. The maximum absolute atomic E-state index is 14.0. The van der Waals surface area contributed by atoms with Gasteiger partial charge in [-0.2, -0.15) is 0 Å². The molecule has 1 aromatic rings. The highest BCUT2D eigenvalue weighted by atomic mass is 19.1. The molecule has 108 valence electrons. The molecule has 0 radical (unpaired) electrons. The average molecular weight is 281 g/mol. The summed E-state index contributed by atoms with van der Waals surface area (Å²) >= 11 is 0. The first-order valence-electron chi connectivity index (χ1n) is 6.23. The van der Waals surface area contributed by atoms with Crippen molar-refractivity contribution in [2.24, 2.45) is 0 Å². The molecule has 1 atom stereocenters. The number of benzene rings is 1. The summed E-state index contributed by atoms with van der Waals surface area (Å²) in [5, 5.41) is 8.84. The van der Waals surface area contributed by atoms with Gasteiger partial charge in [0.2, 0.25) is 5.67 Å². The van der Waals surface area contributed by atoms with Crippen LogP contribution in [0, 0.1) is 6.92 Å². The minimum Gasteiger partial charge on any atom is -0.497 e. The first kappa shape index (κ1) is 14.3. The van der Waals surface area contributed by atoms with Gasteiger partial charge in [-0.15, -0.1) is 0 Å². The molecule has 0 aliphatic carbocycles. The lowest BCUT2D eigenvalue weighted by Gasteiger charge is -2.19. The minimum absolute atomic E-state index is 0.104. The highest BCUT2D eigenvalue weighted by molar-refractivity contribution is 5.96. The number of aliphatic carboxylic acids is 1. The van der Waals surface area contributed by atoms with Crippen molar-refractivity contribution in [1.82, 2.24) is 4.90 Å². The summed E-state index contributed by atoms with van der Waals surface area (Å²) in [6, 6.07) is 4.97. The van der Waals surface area contributed by atoms with Crippen molar-refractivity contribution in [3.8, 4) is 5.75 Å². The molecular weight excluding hydrogens is 265 g/mol. The molecule has 20 heavy (non-hydrogen) atoms. The average Bonchev–Trinajstić information content (AvgIpc) is 2.82. The zero-order valence-electron chi connectivity index (χ0n) is 11.4. The van der Waals surface area contributed by atoms with Gasteiger partial charge in [0.15, 0.2) is 0 Å². The van der Waals surface area contributed by atoms with Gasteiger partial charge >= 0.3 is 5.97 Å². The van der Waals surface area contributed by atoms with E-state index in [1.807, 2.05) is 0 Å². The molecule has 0 spiro atoms. The van der Waals surface area contributed by atoms with Crippen LogP contribution in [0.3, 0.4) is 0 Å². The highest BCUT2D eigenvalue weighted by Crippen LogP contribution is 2.28. The van der Waals surface area contributed by atoms with E-state index in [0.717, 1.165) is 0 Å². The molecule has 0 aromatic heterocycles. The Morgan fingerprint density at radius 1 is 1.45 bits per heavy atom. The van der Waals surface area contributed by atoms with E-state index in [4.69, 9.17) is 9.84 Å². The van der Waals surface area contributed by atoms with E-state index in [-0.39, 0.29) is 18.9 Å². The number of halogens is 1. The standard InChI is InChI=1S/C14H16FNO4/c1-9-7-10(20-2)3-4-11(9)12(17)16-6-5-14(15,8-16)13(18)19/h3-4,7H,5-6,8H2,1-2H3,(H,18,19). The molecule has 5 nitrogen and oxygen atoms in total. The van der Waals surface area contributed by atoms with Crippen LogP contribution >= 0.6 is 0 Å². The van der Waals surface area contributed by atoms with Crippen molar-refractivity contribution in [2.75, 3.05) is 20.2 Å². The van der Waals surface area contributed by atoms with Crippen LogP contribution in [0.2, 0.25) is 0 Å². The lowest BCUT2D eigenvalue weighted by molar-refractivity contribution is -0.149. The van der Waals surface area contributed by atoms with Crippen LogP contribution in [0.15, 0.2) is 18.2 Å². The maximum atomic E-state index is 14.0. The number of amides is 1. The van der Waals surface area contributed by atoms with E-state index >= 15 is 0 Å². The van der Waals surface area contributed by atoms with Crippen LogP contribution in [0.5, 0.6) is 5.75 Å². The number of hydrogen-bond donors (Lipinski definition) is 1. The van der Waals surface area contributed by atoms with E-state index in [0.29, 0.717) is 16.9 Å². The number of rotatable bonds is 3. The Morgan fingerprint density at radius 2 is 2.15 bits per heavy atom. The molecule has 1 amide bonds. The maximum Gasteiger partial charge on any atom is 0.343 e. The van der Waals surface area contributed by atoms with Gasteiger partial charge in [0.1, 0.15) is 5.75 Å². The Morgan fingerprint density at radius 3 is 2.65 bits per heavy atom. The van der Waals surface area contributed by atoms with Crippen molar-refractivity contribution < 1.29 is 23.8 Å². The number of hydrogen-bond acceptors (Lipinski definition) is 3. The zero-order valence-corrected chi connectivity index (χ0v) is 11.4. The quantitative estimate of drug-likeness (QED) is 0.914. The summed E-state index contributed by atoms with van der Waals surface area (Å²) in [6.07, 6.45) is -0.177. The van der Waals surface area contributed by atoms with Crippen LogP contribution in [0.25, 0.3) is 0 Å². The lowest BCUT2D eigenvalue weighted by atomic mass is 10.1. The van der Waals surface area contributed by atoms with E-state index in [1.165, 1.54) is 12.0 Å². The van der Waals surface area contributed by atoms with Crippen LogP contribution < -0.4 is 4.74 Å². The van der Waals surface area contributed by atoms with Crippen molar-refractivity contribution in [2.45, 2.75) is 19.0 Å². The Labute approximate surface area is 116 Å². The number of aryl methyl sites for hydroxylation is 1. The molecule has 6 heteroatoms. The Hall–Kier alpha value is -2.11. The third-order valence-corrected chi connectivity index (χ3v) is 3.55. The SMILES string of the molecule is COc1ccc(C(=O)N2CCC(F)(C(=O)O)C2)c(C)c1. The van der Waals surface area contributed by atoms with Crippen LogP contribution in [-0.4, -0.2) is 47.8 Å². The van der Waals surface area contributed by atoms with Gasteiger partial charge in [-0.25, -0.2) is 9.18 Å². The number of methoxy groups -OCH3 is 1. The van der Waals surface area contributed by atoms with Crippen LogP contribution in [0.4, 0.5) is 4.39 Å². The molecule has 1 aliphatic heterocycles. The molecule has 1 fully saturated rings.